The maximum absolute atomic E-state index is 13.0. The highest BCUT2D eigenvalue weighted by Gasteiger charge is 2.52. The van der Waals surface area contributed by atoms with E-state index in [2.05, 4.69) is 40.7 Å². The van der Waals surface area contributed by atoms with Crippen LogP contribution in [0.4, 0.5) is 4.79 Å². The van der Waals surface area contributed by atoms with Crippen LogP contribution in [-0.2, 0) is 17.8 Å². The lowest BCUT2D eigenvalue weighted by atomic mass is 10.00. The molecule has 30 heavy (non-hydrogen) atoms. The normalized spacial score (nSPS) is 21.8. The lowest BCUT2D eigenvalue weighted by Gasteiger charge is -2.31. The van der Waals surface area contributed by atoms with Gasteiger partial charge in [-0.15, -0.1) is 0 Å². The van der Waals surface area contributed by atoms with E-state index in [0.29, 0.717) is 12.4 Å². The molecule has 1 aromatic carbocycles. The average Bonchev–Trinajstić information content (AvgIpc) is 3.12. The Bertz CT molecular complexity index is 907. The Morgan fingerprint density at radius 2 is 1.83 bits per heavy atom. The van der Waals surface area contributed by atoms with Crippen LogP contribution in [0.5, 0.6) is 0 Å². The topological polar surface area (TPSA) is 59.2 Å². The highest BCUT2D eigenvalue weighted by atomic mass is 16.2. The number of hydrogen-bond acceptors (Lipinski definition) is 4. The fourth-order valence-corrected chi connectivity index (χ4v) is 4.63. The maximum Gasteiger partial charge on any atom is 0.333 e. The van der Waals surface area contributed by atoms with Crippen molar-refractivity contribution < 1.29 is 14.2 Å². The minimum absolute atomic E-state index is 0.175. The molecule has 4 rings (SSSR count). The van der Waals surface area contributed by atoms with Crippen molar-refractivity contribution in [2.45, 2.75) is 51.6 Å². The van der Waals surface area contributed by atoms with Crippen LogP contribution in [0.25, 0.3) is 0 Å². The second-order valence-electron chi connectivity index (χ2n) is 8.51. The molecule has 7 heteroatoms. The van der Waals surface area contributed by atoms with Gasteiger partial charge in [-0.2, -0.15) is 0 Å². The van der Waals surface area contributed by atoms with Crippen LogP contribution >= 0.6 is 0 Å². The number of amidine groups is 2. The van der Waals surface area contributed by atoms with E-state index in [0.717, 1.165) is 44.7 Å². The molecule has 0 spiro atoms. The number of benzene rings is 1. The van der Waals surface area contributed by atoms with Crippen LogP contribution in [0, 0.1) is 0 Å². The highest BCUT2D eigenvalue weighted by Crippen LogP contribution is 2.22. The number of nitrogens with zero attached hydrogens (tertiary/aromatic N) is 5. The summed E-state index contributed by atoms with van der Waals surface area (Å²) in [5, 5.41) is 0. The molecule has 0 bridgehead atoms. The first-order valence-electron chi connectivity index (χ1n) is 11.1. The maximum atomic E-state index is 13.0. The second-order valence-corrected chi connectivity index (χ2v) is 8.51. The Labute approximate surface area is 178 Å². The molecule has 0 aliphatic carbocycles. The van der Waals surface area contributed by atoms with Crippen molar-refractivity contribution in [1.82, 2.24) is 14.7 Å². The summed E-state index contributed by atoms with van der Waals surface area (Å²) in [5.74, 6) is 1.31. The van der Waals surface area contributed by atoms with Gasteiger partial charge in [0, 0.05) is 27.2 Å². The van der Waals surface area contributed by atoms with Crippen molar-refractivity contribution in [3.63, 3.8) is 0 Å². The van der Waals surface area contributed by atoms with E-state index in [9.17, 15) is 9.59 Å². The van der Waals surface area contributed by atoms with Gasteiger partial charge in [0.25, 0.3) is 17.8 Å². The van der Waals surface area contributed by atoms with Gasteiger partial charge in [0.1, 0.15) is 6.54 Å². The Hall–Kier alpha value is -2.54. The molecule has 0 saturated carbocycles. The van der Waals surface area contributed by atoms with Crippen molar-refractivity contribution in [1.29, 1.82) is 0 Å². The van der Waals surface area contributed by atoms with Crippen LogP contribution in [0.3, 0.4) is 0 Å². The number of hydrogen-bond donors (Lipinski definition) is 0. The molecule has 1 atom stereocenters. The Balaban J connectivity index is 1.58. The summed E-state index contributed by atoms with van der Waals surface area (Å²) < 4.78 is 2.15. The smallest absolute Gasteiger partial charge is 0.287 e. The van der Waals surface area contributed by atoms with E-state index in [4.69, 9.17) is 4.99 Å². The van der Waals surface area contributed by atoms with Gasteiger partial charge in [0.05, 0.1) is 6.54 Å². The van der Waals surface area contributed by atoms with Gasteiger partial charge in [-0.3, -0.25) is 19.5 Å². The summed E-state index contributed by atoms with van der Waals surface area (Å²) in [6.07, 6.45) is 5.55. The largest absolute Gasteiger partial charge is 0.333 e. The molecule has 3 aliphatic heterocycles. The van der Waals surface area contributed by atoms with Crippen LogP contribution in [0.2, 0.25) is 0 Å². The minimum Gasteiger partial charge on any atom is -0.287 e. The molecule has 0 N–H and O–H groups in total. The summed E-state index contributed by atoms with van der Waals surface area (Å²) in [4.78, 5) is 35.4. The van der Waals surface area contributed by atoms with E-state index in [1.165, 1.54) is 33.8 Å². The van der Waals surface area contributed by atoms with Crippen LogP contribution in [-0.4, -0.2) is 82.7 Å². The van der Waals surface area contributed by atoms with Gasteiger partial charge in [0.15, 0.2) is 0 Å². The summed E-state index contributed by atoms with van der Waals surface area (Å²) in [7, 11) is 3.28. The standard InChI is InChI=1S/C23H32N5O2/c1-4-5-6-9-13-28-19(16-27-14-12-17-10-7-8-11-18(17)15-27)24-21-20(28)22(29)26(3)23(30)25(21)2/h7-8,10-11,20H,4-6,9,12-16H2,1-3H3/q+1. The first kappa shape index (κ1) is 20.7. The predicted molar refractivity (Wildman–Crippen MR) is 117 cm³/mol. The summed E-state index contributed by atoms with van der Waals surface area (Å²) in [6, 6.07) is 7.80. The summed E-state index contributed by atoms with van der Waals surface area (Å²) in [5.41, 5.74) is 2.79. The fourth-order valence-electron chi connectivity index (χ4n) is 4.63. The molecule has 3 aliphatic rings. The zero-order chi connectivity index (χ0) is 21.3. The van der Waals surface area contributed by atoms with E-state index in [1.807, 2.05) is 0 Å². The molecule has 1 fully saturated rings. The SMILES string of the molecule is CCCCCC[N+]1=C(CN2CCc3ccccc3C2)N=C2C1C(=O)N(C)C(=O)N2C. The zero-order valence-corrected chi connectivity index (χ0v) is 18.3. The number of likely N-dealkylation sites (N-methyl/N-ethyl adjacent to an activating group) is 2. The van der Waals surface area contributed by atoms with Crippen molar-refractivity contribution in [2.24, 2.45) is 4.99 Å². The van der Waals surface area contributed by atoms with E-state index in [-0.39, 0.29) is 11.9 Å². The monoisotopic (exact) mass is 410 g/mol. The van der Waals surface area contributed by atoms with Crippen LogP contribution in [0.1, 0.15) is 43.7 Å². The third-order valence-corrected chi connectivity index (χ3v) is 6.44. The van der Waals surface area contributed by atoms with Crippen LogP contribution < -0.4 is 0 Å². The molecule has 3 heterocycles. The van der Waals surface area contributed by atoms with Crippen molar-refractivity contribution >= 4 is 23.6 Å². The molecule has 160 valence electrons. The molecule has 1 saturated heterocycles. The minimum atomic E-state index is -0.480. The fraction of sp³-hybridized carbons (Fsp3) is 0.565. The van der Waals surface area contributed by atoms with Gasteiger partial charge < -0.3 is 0 Å². The lowest BCUT2D eigenvalue weighted by molar-refractivity contribution is -0.537. The van der Waals surface area contributed by atoms with E-state index >= 15 is 0 Å². The molecule has 0 aromatic heterocycles. The third-order valence-electron chi connectivity index (χ3n) is 6.44. The number of carbonyl (C=O) groups excluding carboxylic acids is 2. The molecule has 0 radical (unpaired) electrons. The number of imide groups is 1. The lowest BCUT2D eigenvalue weighted by Crippen LogP contribution is -2.61. The van der Waals surface area contributed by atoms with Crippen LogP contribution in [0.15, 0.2) is 29.3 Å². The zero-order valence-electron chi connectivity index (χ0n) is 18.3. The quantitative estimate of drug-likeness (QED) is 0.512. The average molecular weight is 411 g/mol. The predicted octanol–water partition coefficient (Wildman–Crippen LogP) is 2.34. The number of unbranched alkanes of at least 4 members (excludes halogenated alkanes) is 3. The second kappa shape index (κ2) is 8.68. The van der Waals surface area contributed by atoms with Gasteiger partial charge in [-0.1, -0.05) is 44.0 Å². The number of fused-ring (bicyclic) bond motifs is 2. The van der Waals surface area contributed by atoms with E-state index in [1.54, 1.807) is 14.1 Å². The Morgan fingerprint density at radius 3 is 2.60 bits per heavy atom. The number of carbonyl (C=O) groups is 2. The Kier molecular flexibility index (Phi) is 5.99. The van der Waals surface area contributed by atoms with Crippen molar-refractivity contribution in [3.05, 3.63) is 35.4 Å². The summed E-state index contributed by atoms with van der Waals surface area (Å²) >= 11 is 0. The van der Waals surface area contributed by atoms with Gasteiger partial charge >= 0.3 is 11.9 Å². The number of aliphatic imine (C=N–C) groups is 1. The van der Waals surface area contributed by atoms with E-state index < -0.39 is 6.04 Å². The molecule has 1 aromatic rings. The highest BCUT2D eigenvalue weighted by molar-refractivity contribution is 6.23. The van der Waals surface area contributed by atoms with Gasteiger partial charge in [-0.25, -0.2) is 9.37 Å². The van der Waals surface area contributed by atoms with Crippen molar-refractivity contribution in [3.8, 4) is 0 Å². The van der Waals surface area contributed by atoms with Gasteiger partial charge in [-0.05, 0) is 35.4 Å². The number of rotatable bonds is 7. The molecular formula is C23H32N5O2+. The third kappa shape index (κ3) is 3.78. The molecule has 1 unspecified atom stereocenters. The first-order chi connectivity index (χ1) is 14.5. The first-order valence-corrected chi connectivity index (χ1v) is 11.1. The number of amides is 3. The molecule has 7 nitrogen and oxygen atoms in total. The van der Waals surface area contributed by atoms with Crippen molar-refractivity contribution in [2.75, 3.05) is 33.7 Å². The van der Waals surface area contributed by atoms with Gasteiger partial charge in [0.2, 0.25) is 0 Å². The molecule has 3 amide bonds. The molecular weight excluding hydrogens is 378 g/mol. The number of urea groups is 1. The summed E-state index contributed by atoms with van der Waals surface area (Å²) in [6.45, 7) is 5.55. The Morgan fingerprint density at radius 1 is 1.07 bits per heavy atom.